The van der Waals surface area contributed by atoms with Crippen molar-refractivity contribution in [2.24, 2.45) is 0 Å². The molecule has 0 spiro atoms. The van der Waals surface area contributed by atoms with E-state index in [1.54, 1.807) is 6.20 Å². The summed E-state index contributed by atoms with van der Waals surface area (Å²) >= 11 is 0. The molecule has 3 N–H and O–H groups in total. The van der Waals surface area contributed by atoms with Crippen molar-refractivity contribution in [2.75, 3.05) is 6.61 Å². The molecule has 0 bridgehead atoms. The van der Waals surface area contributed by atoms with Gasteiger partial charge >= 0.3 is 0 Å². The Balaban J connectivity index is 2.80. The van der Waals surface area contributed by atoms with E-state index in [1.807, 2.05) is 6.92 Å². The molecule has 0 aliphatic carbocycles. The molecule has 2 atom stereocenters. The Bertz CT molecular complexity index is 306. The highest BCUT2D eigenvalue weighted by Crippen LogP contribution is 2.13. The lowest BCUT2D eigenvalue weighted by Gasteiger charge is -2.14. The average Bonchev–Trinajstić information content (AvgIpc) is 2.28. The Morgan fingerprint density at radius 3 is 2.67 bits per heavy atom. The van der Waals surface area contributed by atoms with Crippen LogP contribution in [0.5, 0.6) is 0 Å². The molecule has 0 aromatic carbocycles. The Morgan fingerprint density at radius 2 is 2.07 bits per heavy atom. The molecule has 15 heavy (non-hydrogen) atoms. The Hall–Kier alpha value is -1.04. The van der Waals surface area contributed by atoms with Crippen LogP contribution < -0.4 is 0 Å². The minimum Gasteiger partial charge on any atom is -0.394 e. The fourth-order valence-corrected chi connectivity index (χ4v) is 1.24. The summed E-state index contributed by atoms with van der Waals surface area (Å²) in [6.07, 6.45) is 2.35. The maximum absolute atomic E-state index is 9.57. The summed E-state index contributed by atoms with van der Waals surface area (Å²) in [5.74, 6) is 0. The van der Waals surface area contributed by atoms with Crippen molar-refractivity contribution in [3.05, 3.63) is 23.8 Å². The highest BCUT2D eigenvalue weighted by molar-refractivity contribution is 5.07. The second kappa shape index (κ2) is 5.75. The molecule has 5 heteroatoms. The van der Waals surface area contributed by atoms with Gasteiger partial charge in [-0.05, 0) is 6.42 Å². The fourth-order valence-electron chi connectivity index (χ4n) is 1.24. The van der Waals surface area contributed by atoms with Crippen molar-refractivity contribution < 1.29 is 15.3 Å². The van der Waals surface area contributed by atoms with E-state index in [-0.39, 0.29) is 0 Å². The third-order valence-electron chi connectivity index (χ3n) is 2.06. The van der Waals surface area contributed by atoms with Crippen LogP contribution in [0.3, 0.4) is 0 Å². The van der Waals surface area contributed by atoms with Gasteiger partial charge in [0.1, 0.15) is 12.2 Å². The van der Waals surface area contributed by atoms with E-state index in [0.29, 0.717) is 5.69 Å². The zero-order valence-electron chi connectivity index (χ0n) is 8.67. The third-order valence-corrected chi connectivity index (χ3v) is 2.06. The lowest BCUT2D eigenvalue weighted by Crippen LogP contribution is -2.23. The standard InChI is InChI=1S/C10H16N2O3/c1-2-3-7-4-11-5-8(12-7)10(15)9(14)6-13/h4-5,9-10,13-15H,2-3,6H2,1H3. The van der Waals surface area contributed by atoms with E-state index in [9.17, 15) is 10.2 Å². The predicted octanol–water partition coefficient (Wildman–Crippen LogP) is -0.184. The lowest BCUT2D eigenvalue weighted by atomic mass is 10.1. The van der Waals surface area contributed by atoms with Crippen molar-refractivity contribution in [1.82, 2.24) is 9.97 Å². The van der Waals surface area contributed by atoms with E-state index < -0.39 is 18.8 Å². The number of aliphatic hydroxyl groups excluding tert-OH is 3. The molecule has 0 radical (unpaired) electrons. The second-order valence-corrected chi connectivity index (χ2v) is 3.38. The molecule has 1 aromatic heterocycles. The smallest absolute Gasteiger partial charge is 0.126 e. The minimum absolute atomic E-state index is 0.294. The van der Waals surface area contributed by atoms with Crippen molar-refractivity contribution in [1.29, 1.82) is 0 Å². The zero-order valence-corrected chi connectivity index (χ0v) is 8.67. The Kier molecular flexibility index (Phi) is 4.61. The molecule has 0 saturated heterocycles. The summed E-state index contributed by atoms with van der Waals surface area (Å²) < 4.78 is 0. The van der Waals surface area contributed by atoms with Crippen LogP contribution in [-0.4, -0.2) is 38.0 Å². The number of aliphatic hydroxyl groups is 3. The fraction of sp³-hybridized carbons (Fsp3) is 0.600. The van der Waals surface area contributed by atoms with E-state index in [4.69, 9.17) is 5.11 Å². The van der Waals surface area contributed by atoms with Crippen molar-refractivity contribution in [3.8, 4) is 0 Å². The molecule has 84 valence electrons. The van der Waals surface area contributed by atoms with Gasteiger partial charge in [-0.25, -0.2) is 0 Å². The van der Waals surface area contributed by atoms with Gasteiger partial charge in [-0.3, -0.25) is 9.97 Å². The summed E-state index contributed by atoms with van der Waals surface area (Å²) in [6, 6.07) is 0. The van der Waals surface area contributed by atoms with Crippen LogP contribution in [0.2, 0.25) is 0 Å². The van der Waals surface area contributed by atoms with Crippen LogP contribution in [-0.2, 0) is 6.42 Å². The first kappa shape index (κ1) is 12.0. The Labute approximate surface area is 88.4 Å². The number of hydrogen-bond donors (Lipinski definition) is 3. The molecule has 1 aromatic rings. The van der Waals surface area contributed by atoms with Crippen LogP contribution in [0, 0.1) is 0 Å². The number of aryl methyl sites for hydroxylation is 1. The van der Waals surface area contributed by atoms with Crippen molar-refractivity contribution in [2.45, 2.75) is 32.0 Å². The molecule has 2 unspecified atom stereocenters. The molecule has 1 heterocycles. The van der Waals surface area contributed by atoms with Crippen molar-refractivity contribution >= 4 is 0 Å². The first-order valence-corrected chi connectivity index (χ1v) is 4.96. The summed E-state index contributed by atoms with van der Waals surface area (Å²) in [4.78, 5) is 8.07. The van der Waals surface area contributed by atoms with Gasteiger partial charge < -0.3 is 15.3 Å². The number of hydrogen-bond acceptors (Lipinski definition) is 5. The third kappa shape index (κ3) is 3.23. The molecule has 0 amide bonds. The van der Waals surface area contributed by atoms with Gasteiger partial charge in [0.05, 0.1) is 24.2 Å². The van der Waals surface area contributed by atoms with Gasteiger partial charge in [0, 0.05) is 6.20 Å². The largest absolute Gasteiger partial charge is 0.394 e. The van der Waals surface area contributed by atoms with E-state index in [1.165, 1.54) is 6.20 Å². The van der Waals surface area contributed by atoms with E-state index in [2.05, 4.69) is 9.97 Å². The molecule has 5 nitrogen and oxygen atoms in total. The quantitative estimate of drug-likeness (QED) is 0.630. The van der Waals surface area contributed by atoms with Crippen molar-refractivity contribution in [3.63, 3.8) is 0 Å². The van der Waals surface area contributed by atoms with Gasteiger partial charge in [0.2, 0.25) is 0 Å². The second-order valence-electron chi connectivity index (χ2n) is 3.38. The zero-order chi connectivity index (χ0) is 11.3. The first-order valence-electron chi connectivity index (χ1n) is 4.96. The molecule has 0 fully saturated rings. The van der Waals surface area contributed by atoms with Gasteiger partial charge in [0.25, 0.3) is 0 Å². The van der Waals surface area contributed by atoms with Crippen LogP contribution in [0.25, 0.3) is 0 Å². The van der Waals surface area contributed by atoms with E-state index >= 15 is 0 Å². The van der Waals surface area contributed by atoms with Gasteiger partial charge in [0.15, 0.2) is 0 Å². The van der Waals surface area contributed by atoms with Gasteiger partial charge in [-0.15, -0.1) is 0 Å². The molecule has 1 rings (SSSR count). The predicted molar refractivity (Wildman–Crippen MR) is 54.1 cm³/mol. The molecule has 0 aliphatic heterocycles. The minimum atomic E-state index is -1.21. The highest BCUT2D eigenvalue weighted by Gasteiger charge is 2.19. The monoisotopic (exact) mass is 212 g/mol. The SMILES string of the molecule is CCCc1cncc(C(O)C(O)CO)n1. The van der Waals surface area contributed by atoms with Crippen LogP contribution in [0.15, 0.2) is 12.4 Å². The Morgan fingerprint density at radius 1 is 1.33 bits per heavy atom. The lowest BCUT2D eigenvalue weighted by molar-refractivity contribution is -0.0175. The van der Waals surface area contributed by atoms with Crippen LogP contribution in [0.1, 0.15) is 30.8 Å². The summed E-state index contributed by atoms with van der Waals surface area (Å²) in [7, 11) is 0. The summed E-state index contributed by atoms with van der Waals surface area (Å²) in [5.41, 5.74) is 1.07. The van der Waals surface area contributed by atoms with E-state index in [0.717, 1.165) is 18.5 Å². The number of aromatic nitrogens is 2. The highest BCUT2D eigenvalue weighted by atomic mass is 16.4. The summed E-state index contributed by atoms with van der Waals surface area (Å²) in [5, 5.41) is 27.5. The molecule has 0 aliphatic rings. The number of rotatable bonds is 5. The normalized spacial score (nSPS) is 14.9. The maximum Gasteiger partial charge on any atom is 0.126 e. The molecular weight excluding hydrogens is 196 g/mol. The number of nitrogens with zero attached hydrogens (tertiary/aromatic N) is 2. The van der Waals surface area contributed by atoms with Crippen LogP contribution in [0.4, 0.5) is 0 Å². The maximum atomic E-state index is 9.57. The summed E-state index contributed by atoms with van der Waals surface area (Å²) in [6.45, 7) is 1.52. The average molecular weight is 212 g/mol. The van der Waals surface area contributed by atoms with Crippen LogP contribution >= 0.6 is 0 Å². The molecular formula is C10H16N2O3. The van der Waals surface area contributed by atoms with Gasteiger partial charge in [-0.1, -0.05) is 13.3 Å². The van der Waals surface area contributed by atoms with Gasteiger partial charge in [-0.2, -0.15) is 0 Å². The topological polar surface area (TPSA) is 86.5 Å². The first-order chi connectivity index (χ1) is 7.19. The molecule has 0 saturated carbocycles.